The molecule has 2 aromatic carbocycles. The standard InChI is InChI=1S/C24H30FN3O.ClH/c1-18-16-24(2,3)28(21-10-6-4-8-19(18)21)23(29)17-26-12-14-27(15-13-26)22-11-7-5-9-20(22)25;/h4-11,18H,12-17H2,1-3H3;1H. The van der Waals surface area contributed by atoms with Crippen LogP contribution in [0, 0.1) is 5.82 Å². The number of fused-ring (bicyclic) bond motifs is 1. The first kappa shape index (κ1) is 22.6. The number of carbonyl (C=O) groups is 1. The summed E-state index contributed by atoms with van der Waals surface area (Å²) in [6, 6.07) is 15.2. The highest BCUT2D eigenvalue weighted by atomic mass is 35.5. The summed E-state index contributed by atoms with van der Waals surface area (Å²) in [6.45, 7) is 9.93. The lowest BCUT2D eigenvalue weighted by atomic mass is 9.80. The van der Waals surface area contributed by atoms with Gasteiger partial charge in [-0.15, -0.1) is 12.4 Å². The smallest absolute Gasteiger partial charge is 0.241 e. The summed E-state index contributed by atoms with van der Waals surface area (Å²) in [6.07, 6.45) is 0.955. The Morgan fingerprint density at radius 3 is 2.27 bits per heavy atom. The van der Waals surface area contributed by atoms with Crippen molar-refractivity contribution in [3.63, 3.8) is 0 Å². The second-order valence-electron chi connectivity index (χ2n) is 8.92. The van der Waals surface area contributed by atoms with E-state index in [0.717, 1.165) is 38.3 Å². The lowest BCUT2D eigenvalue weighted by molar-refractivity contribution is -0.121. The van der Waals surface area contributed by atoms with Crippen molar-refractivity contribution >= 4 is 29.7 Å². The molecule has 0 aliphatic carbocycles. The molecule has 2 aliphatic heterocycles. The first-order chi connectivity index (χ1) is 13.9. The van der Waals surface area contributed by atoms with Crippen molar-refractivity contribution in [1.29, 1.82) is 0 Å². The summed E-state index contributed by atoms with van der Waals surface area (Å²) < 4.78 is 14.1. The van der Waals surface area contributed by atoms with Crippen LogP contribution in [0.3, 0.4) is 0 Å². The molecule has 1 saturated heterocycles. The van der Waals surface area contributed by atoms with Gasteiger partial charge in [0.2, 0.25) is 5.91 Å². The minimum Gasteiger partial charge on any atom is -0.367 e. The number of para-hydroxylation sites is 2. The van der Waals surface area contributed by atoms with E-state index in [1.54, 1.807) is 6.07 Å². The third-order valence-corrected chi connectivity index (χ3v) is 6.29. The molecule has 4 rings (SSSR count). The second kappa shape index (κ2) is 8.94. The van der Waals surface area contributed by atoms with E-state index in [-0.39, 0.29) is 29.7 Å². The number of rotatable bonds is 3. The first-order valence-electron chi connectivity index (χ1n) is 10.5. The van der Waals surface area contributed by atoms with Gasteiger partial charge in [0.15, 0.2) is 0 Å². The Hall–Kier alpha value is -2.11. The van der Waals surface area contributed by atoms with Gasteiger partial charge >= 0.3 is 0 Å². The average Bonchev–Trinajstić information content (AvgIpc) is 2.68. The van der Waals surface area contributed by atoms with Crippen molar-refractivity contribution in [2.24, 2.45) is 0 Å². The fourth-order valence-corrected chi connectivity index (χ4v) is 4.97. The van der Waals surface area contributed by atoms with E-state index in [4.69, 9.17) is 0 Å². The molecule has 2 aliphatic rings. The molecule has 0 radical (unpaired) electrons. The molecule has 2 heterocycles. The highest BCUT2D eigenvalue weighted by Gasteiger charge is 2.40. The van der Waals surface area contributed by atoms with Gasteiger partial charge in [-0.05, 0) is 49.9 Å². The van der Waals surface area contributed by atoms with Crippen molar-refractivity contribution in [2.45, 2.75) is 38.6 Å². The molecule has 6 heteroatoms. The van der Waals surface area contributed by atoms with Crippen LogP contribution in [-0.2, 0) is 4.79 Å². The predicted molar refractivity (Wildman–Crippen MR) is 123 cm³/mol. The molecule has 4 nitrogen and oxygen atoms in total. The molecule has 0 saturated carbocycles. The molecular weight excluding hydrogens is 401 g/mol. The van der Waals surface area contributed by atoms with E-state index >= 15 is 0 Å². The van der Waals surface area contributed by atoms with Crippen LogP contribution in [0.25, 0.3) is 0 Å². The molecule has 2 aromatic rings. The largest absolute Gasteiger partial charge is 0.367 e. The van der Waals surface area contributed by atoms with Gasteiger partial charge in [0.1, 0.15) is 5.82 Å². The van der Waals surface area contributed by atoms with Crippen molar-refractivity contribution in [3.05, 3.63) is 59.9 Å². The number of hydrogen-bond donors (Lipinski definition) is 0. The zero-order chi connectivity index (χ0) is 20.6. The maximum Gasteiger partial charge on any atom is 0.241 e. The van der Waals surface area contributed by atoms with E-state index in [9.17, 15) is 9.18 Å². The molecule has 0 bridgehead atoms. The fraction of sp³-hybridized carbons (Fsp3) is 0.458. The number of carbonyl (C=O) groups excluding carboxylic acids is 1. The number of nitrogens with zero attached hydrogens (tertiary/aromatic N) is 3. The Bertz CT molecular complexity index is 896. The molecule has 0 spiro atoms. The van der Waals surface area contributed by atoms with E-state index in [1.807, 2.05) is 23.1 Å². The average molecular weight is 432 g/mol. The third kappa shape index (κ3) is 4.33. The van der Waals surface area contributed by atoms with Crippen molar-refractivity contribution in [2.75, 3.05) is 42.5 Å². The number of hydrogen-bond acceptors (Lipinski definition) is 3. The van der Waals surface area contributed by atoms with E-state index < -0.39 is 0 Å². The highest BCUT2D eigenvalue weighted by molar-refractivity contribution is 5.97. The lowest BCUT2D eigenvalue weighted by Gasteiger charge is -2.47. The van der Waals surface area contributed by atoms with Gasteiger partial charge < -0.3 is 9.80 Å². The Kier molecular flexibility index (Phi) is 6.73. The molecule has 0 aromatic heterocycles. The van der Waals surface area contributed by atoms with Crippen LogP contribution < -0.4 is 9.80 Å². The van der Waals surface area contributed by atoms with Crippen LogP contribution in [0.15, 0.2) is 48.5 Å². The number of amides is 1. The maximum absolute atomic E-state index is 14.1. The molecule has 1 atom stereocenters. The SMILES string of the molecule is CC1CC(C)(C)N(C(=O)CN2CCN(c3ccccc3F)CC2)c2ccccc21.Cl. The van der Waals surface area contributed by atoms with E-state index in [0.29, 0.717) is 18.2 Å². The van der Waals surface area contributed by atoms with Gasteiger partial charge in [-0.25, -0.2) is 4.39 Å². The normalized spacial score (nSPS) is 21.0. The Labute approximate surface area is 185 Å². The van der Waals surface area contributed by atoms with Crippen molar-refractivity contribution < 1.29 is 9.18 Å². The molecule has 30 heavy (non-hydrogen) atoms. The Balaban J connectivity index is 0.00000256. The molecular formula is C24H31ClFN3O. The number of anilines is 2. The highest BCUT2D eigenvalue weighted by Crippen LogP contribution is 2.43. The lowest BCUT2D eigenvalue weighted by Crippen LogP contribution is -2.56. The van der Waals surface area contributed by atoms with Crippen LogP contribution in [0.5, 0.6) is 0 Å². The number of halogens is 2. The minimum atomic E-state index is -0.208. The molecule has 0 N–H and O–H groups in total. The van der Waals surface area contributed by atoms with Gasteiger partial charge in [0.05, 0.1) is 12.2 Å². The molecule has 1 unspecified atom stereocenters. The van der Waals surface area contributed by atoms with Gasteiger partial charge in [-0.2, -0.15) is 0 Å². The van der Waals surface area contributed by atoms with Crippen LogP contribution in [-0.4, -0.2) is 49.1 Å². The quantitative estimate of drug-likeness (QED) is 0.705. The summed E-state index contributed by atoms with van der Waals surface area (Å²) in [5.41, 5.74) is 2.74. The van der Waals surface area contributed by atoms with Gasteiger partial charge in [0, 0.05) is 37.4 Å². The fourth-order valence-electron chi connectivity index (χ4n) is 4.97. The monoisotopic (exact) mass is 431 g/mol. The third-order valence-electron chi connectivity index (χ3n) is 6.29. The summed E-state index contributed by atoms with van der Waals surface area (Å²) in [4.78, 5) is 19.6. The van der Waals surface area contributed by atoms with Crippen LogP contribution in [0.4, 0.5) is 15.8 Å². The van der Waals surface area contributed by atoms with Gasteiger partial charge in [-0.3, -0.25) is 9.69 Å². The molecule has 1 fully saturated rings. The summed E-state index contributed by atoms with van der Waals surface area (Å²) >= 11 is 0. The number of piperazine rings is 1. The van der Waals surface area contributed by atoms with Crippen LogP contribution in [0.1, 0.15) is 38.7 Å². The summed E-state index contributed by atoms with van der Waals surface area (Å²) in [5.74, 6) is 0.404. The second-order valence-corrected chi connectivity index (χ2v) is 8.92. The van der Waals surface area contributed by atoms with Gasteiger partial charge in [0.25, 0.3) is 0 Å². The van der Waals surface area contributed by atoms with Crippen molar-refractivity contribution in [3.8, 4) is 0 Å². The first-order valence-corrected chi connectivity index (χ1v) is 10.5. The molecule has 162 valence electrons. The van der Waals surface area contributed by atoms with Crippen LogP contribution in [0.2, 0.25) is 0 Å². The van der Waals surface area contributed by atoms with Crippen LogP contribution >= 0.6 is 12.4 Å². The number of benzene rings is 2. The summed E-state index contributed by atoms with van der Waals surface area (Å²) in [7, 11) is 0. The minimum absolute atomic E-state index is 0. The van der Waals surface area contributed by atoms with Gasteiger partial charge in [-0.1, -0.05) is 37.3 Å². The van der Waals surface area contributed by atoms with E-state index in [2.05, 4.69) is 48.8 Å². The summed E-state index contributed by atoms with van der Waals surface area (Å²) in [5, 5.41) is 0. The Morgan fingerprint density at radius 2 is 1.60 bits per heavy atom. The Morgan fingerprint density at radius 1 is 1.00 bits per heavy atom. The topological polar surface area (TPSA) is 26.8 Å². The van der Waals surface area contributed by atoms with E-state index in [1.165, 1.54) is 11.6 Å². The zero-order valence-corrected chi connectivity index (χ0v) is 18.8. The van der Waals surface area contributed by atoms with Crippen molar-refractivity contribution in [1.82, 2.24) is 4.90 Å². The maximum atomic E-state index is 14.1. The zero-order valence-electron chi connectivity index (χ0n) is 18.0. The predicted octanol–water partition coefficient (Wildman–Crippen LogP) is 4.69. The molecule has 1 amide bonds.